The largest absolute Gasteiger partial charge is 0.489 e. The molecule has 0 aliphatic carbocycles. The van der Waals surface area contributed by atoms with Gasteiger partial charge in [0.1, 0.15) is 11.9 Å². The van der Waals surface area contributed by atoms with Crippen molar-refractivity contribution < 1.29 is 22.9 Å². The van der Waals surface area contributed by atoms with E-state index >= 15 is 0 Å². The number of sulfone groups is 1. The molecular weight excluding hydrogens is 286 g/mol. The van der Waals surface area contributed by atoms with Gasteiger partial charge in [-0.1, -0.05) is 0 Å². The first kappa shape index (κ1) is 14.4. The highest BCUT2D eigenvalue weighted by molar-refractivity contribution is 7.91. The summed E-state index contributed by atoms with van der Waals surface area (Å²) in [4.78, 5) is 21.6. The van der Waals surface area contributed by atoms with Crippen molar-refractivity contribution in [2.75, 3.05) is 11.5 Å². The summed E-state index contributed by atoms with van der Waals surface area (Å²) in [5.41, 5.74) is -0.120. The monoisotopic (exact) mass is 299 g/mol. The maximum Gasteiger partial charge on any atom is 0.270 e. The Morgan fingerprint density at radius 2 is 2.15 bits per heavy atom. The van der Waals surface area contributed by atoms with Crippen LogP contribution in [0.3, 0.4) is 0 Å². The minimum absolute atomic E-state index is 0.0556. The zero-order valence-corrected chi connectivity index (χ0v) is 11.6. The number of rotatable bonds is 4. The van der Waals surface area contributed by atoms with Gasteiger partial charge in [0, 0.05) is 12.1 Å². The van der Waals surface area contributed by atoms with Gasteiger partial charge in [0.25, 0.3) is 5.69 Å². The molecule has 0 aromatic heterocycles. The average molecular weight is 299 g/mol. The Balaban J connectivity index is 2.28. The number of hydrogen-bond acceptors (Lipinski definition) is 6. The zero-order valence-electron chi connectivity index (χ0n) is 10.7. The minimum atomic E-state index is -3.09. The third-order valence-corrected chi connectivity index (χ3v) is 4.77. The van der Waals surface area contributed by atoms with Crippen LogP contribution in [0.1, 0.15) is 23.7 Å². The standard InChI is InChI=1S/C12H13NO6S/c1-8(14)11-6-9(13(15)16)2-3-12(11)19-10-4-5-20(17,18)7-10/h2-3,6,10H,4-5,7H2,1H3. The van der Waals surface area contributed by atoms with Gasteiger partial charge in [-0.3, -0.25) is 14.9 Å². The summed E-state index contributed by atoms with van der Waals surface area (Å²) in [5, 5.41) is 10.7. The van der Waals surface area contributed by atoms with E-state index in [1.54, 1.807) is 0 Å². The van der Waals surface area contributed by atoms with Gasteiger partial charge in [0.15, 0.2) is 15.6 Å². The summed E-state index contributed by atoms with van der Waals surface area (Å²) in [5.74, 6) is -0.226. The quantitative estimate of drug-likeness (QED) is 0.472. The Labute approximate surface area is 115 Å². The van der Waals surface area contributed by atoms with Crippen LogP contribution in [0.2, 0.25) is 0 Å². The number of carbonyl (C=O) groups is 1. The topological polar surface area (TPSA) is 104 Å². The van der Waals surface area contributed by atoms with E-state index < -0.39 is 20.9 Å². The van der Waals surface area contributed by atoms with E-state index in [0.29, 0.717) is 6.42 Å². The highest BCUT2D eigenvalue weighted by atomic mass is 32.2. The summed E-state index contributed by atoms with van der Waals surface area (Å²) >= 11 is 0. The predicted octanol–water partition coefficient (Wildman–Crippen LogP) is 1.36. The van der Waals surface area contributed by atoms with Gasteiger partial charge in [0.05, 0.1) is 22.0 Å². The van der Waals surface area contributed by atoms with Crippen molar-refractivity contribution in [1.29, 1.82) is 0 Å². The second-order valence-corrected chi connectivity index (χ2v) is 6.87. The first-order chi connectivity index (χ1) is 9.28. The van der Waals surface area contributed by atoms with E-state index in [0.717, 1.165) is 6.07 Å². The van der Waals surface area contributed by atoms with E-state index in [9.17, 15) is 23.3 Å². The van der Waals surface area contributed by atoms with Crippen molar-refractivity contribution in [2.45, 2.75) is 19.4 Å². The lowest BCUT2D eigenvalue weighted by molar-refractivity contribution is -0.384. The van der Waals surface area contributed by atoms with E-state index in [1.807, 2.05) is 0 Å². The van der Waals surface area contributed by atoms with Crippen LogP contribution in [0.25, 0.3) is 0 Å². The molecule has 1 aromatic rings. The SMILES string of the molecule is CC(=O)c1cc([N+](=O)[O-])ccc1OC1CCS(=O)(=O)C1. The molecule has 0 N–H and O–H groups in total. The maximum atomic E-state index is 11.5. The molecule has 0 saturated carbocycles. The number of non-ortho nitro benzene ring substituents is 1. The molecule has 1 fully saturated rings. The van der Waals surface area contributed by atoms with Gasteiger partial charge in [0.2, 0.25) is 0 Å². The van der Waals surface area contributed by atoms with Crippen molar-refractivity contribution in [3.05, 3.63) is 33.9 Å². The molecule has 108 valence electrons. The molecule has 0 radical (unpaired) electrons. The van der Waals surface area contributed by atoms with Gasteiger partial charge < -0.3 is 4.74 Å². The van der Waals surface area contributed by atoms with Gasteiger partial charge in [-0.05, 0) is 19.4 Å². The second-order valence-electron chi connectivity index (χ2n) is 4.64. The summed E-state index contributed by atoms with van der Waals surface area (Å²) < 4.78 is 28.2. The van der Waals surface area contributed by atoms with Crippen LogP contribution in [0.5, 0.6) is 5.75 Å². The minimum Gasteiger partial charge on any atom is -0.489 e. The molecule has 1 aliphatic rings. The summed E-state index contributed by atoms with van der Waals surface area (Å²) in [6, 6.07) is 3.70. The molecule has 1 atom stereocenters. The van der Waals surface area contributed by atoms with Gasteiger partial charge in [-0.15, -0.1) is 0 Å². The molecule has 1 aromatic carbocycles. The number of hydrogen-bond donors (Lipinski definition) is 0. The Morgan fingerprint density at radius 1 is 1.45 bits per heavy atom. The molecule has 20 heavy (non-hydrogen) atoms. The number of nitrogens with zero attached hydrogens (tertiary/aromatic N) is 1. The average Bonchev–Trinajstić information content (AvgIpc) is 2.68. The van der Waals surface area contributed by atoms with Crippen LogP contribution in [0, 0.1) is 10.1 Å². The number of carbonyl (C=O) groups excluding carboxylic acids is 1. The zero-order chi connectivity index (χ0) is 14.9. The Kier molecular flexibility index (Phi) is 3.76. The molecule has 1 heterocycles. The molecule has 7 nitrogen and oxygen atoms in total. The van der Waals surface area contributed by atoms with Crippen LogP contribution in [-0.4, -0.2) is 36.7 Å². The van der Waals surface area contributed by atoms with Crippen LogP contribution < -0.4 is 4.74 Å². The van der Waals surface area contributed by atoms with E-state index in [-0.39, 0.29) is 34.3 Å². The Hall–Kier alpha value is -1.96. The summed E-state index contributed by atoms with van der Waals surface area (Å²) in [6.07, 6.45) is -0.156. The number of ketones is 1. The summed E-state index contributed by atoms with van der Waals surface area (Å²) in [6.45, 7) is 1.28. The lowest BCUT2D eigenvalue weighted by atomic mass is 10.1. The molecule has 8 heteroatoms. The third-order valence-electron chi connectivity index (χ3n) is 3.04. The van der Waals surface area contributed by atoms with Crippen LogP contribution in [0.4, 0.5) is 5.69 Å². The highest BCUT2D eigenvalue weighted by Gasteiger charge is 2.30. The maximum absolute atomic E-state index is 11.5. The molecule has 0 amide bonds. The van der Waals surface area contributed by atoms with Crippen molar-refractivity contribution >= 4 is 21.3 Å². The van der Waals surface area contributed by atoms with E-state index in [4.69, 9.17) is 4.74 Å². The molecule has 2 rings (SSSR count). The number of ether oxygens (including phenoxy) is 1. The highest BCUT2D eigenvalue weighted by Crippen LogP contribution is 2.27. The number of nitro benzene ring substituents is 1. The first-order valence-corrected chi connectivity index (χ1v) is 7.77. The smallest absolute Gasteiger partial charge is 0.270 e. The van der Waals surface area contributed by atoms with Crippen molar-refractivity contribution in [3.63, 3.8) is 0 Å². The first-order valence-electron chi connectivity index (χ1n) is 5.95. The molecular formula is C12H13NO6S. The van der Waals surface area contributed by atoms with Gasteiger partial charge >= 0.3 is 0 Å². The van der Waals surface area contributed by atoms with Crippen molar-refractivity contribution in [1.82, 2.24) is 0 Å². The van der Waals surface area contributed by atoms with Gasteiger partial charge in [-0.25, -0.2) is 8.42 Å². The number of Topliss-reactive ketones (excluding diaryl/α,β-unsaturated/α-hetero) is 1. The molecule has 0 bridgehead atoms. The fourth-order valence-corrected chi connectivity index (χ4v) is 3.63. The van der Waals surface area contributed by atoms with Crippen LogP contribution in [0.15, 0.2) is 18.2 Å². The number of nitro groups is 1. The Bertz CT molecular complexity index is 667. The van der Waals surface area contributed by atoms with Crippen LogP contribution >= 0.6 is 0 Å². The van der Waals surface area contributed by atoms with Gasteiger partial charge in [-0.2, -0.15) is 0 Å². The molecule has 0 spiro atoms. The van der Waals surface area contributed by atoms with E-state index in [2.05, 4.69) is 0 Å². The normalized spacial score (nSPS) is 20.6. The van der Waals surface area contributed by atoms with Crippen molar-refractivity contribution in [3.8, 4) is 5.75 Å². The number of benzene rings is 1. The van der Waals surface area contributed by atoms with E-state index in [1.165, 1.54) is 19.1 Å². The van der Waals surface area contributed by atoms with Crippen molar-refractivity contribution in [2.24, 2.45) is 0 Å². The Morgan fingerprint density at radius 3 is 2.65 bits per heavy atom. The predicted molar refractivity (Wildman–Crippen MR) is 70.8 cm³/mol. The fourth-order valence-electron chi connectivity index (χ4n) is 2.04. The molecule has 1 unspecified atom stereocenters. The lowest BCUT2D eigenvalue weighted by Crippen LogP contribution is -2.19. The fraction of sp³-hybridized carbons (Fsp3) is 0.417. The summed E-state index contributed by atoms with van der Waals surface area (Å²) in [7, 11) is -3.09. The lowest BCUT2D eigenvalue weighted by Gasteiger charge is -2.14. The second kappa shape index (κ2) is 5.20. The third kappa shape index (κ3) is 3.13. The van der Waals surface area contributed by atoms with Crippen LogP contribution in [-0.2, 0) is 9.84 Å². The molecule has 1 aliphatic heterocycles. The molecule has 1 saturated heterocycles.